The Morgan fingerprint density at radius 1 is 1.50 bits per heavy atom. The second-order valence-electron chi connectivity index (χ2n) is 3.70. The number of nitrogens with zero attached hydrogens (tertiary/aromatic N) is 1. The Hall–Kier alpha value is -1.22. The van der Waals surface area contributed by atoms with E-state index < -0.39 is 0 Å². The number of Topliss-reactive ketones (excluding diaryl/α,β-unsaturated/α-hetero) is 1. The first-order chi connectivity index (χ1) is 6.54. The normalized spacial score (nSPS) is 14.9. The summed E-state index contributed by atoms with van der Waals surface area (Å²) in [4.78, 5) is 15.8. The number of hydrogen-bond donors (Lipinski definition) is 1. The molecular formula is C11H16N2O. The van der Waals surface area contributed by atoms with Crippen molar-refractivity contribution in [2.75, 3.05) is 0 Å². The van der Waals surface area contributed by atoms with E-state index in [0.717, 1.165) is 5.56 Å². The number of carbonyl (C=O) groups excluding carboxylic acids is 1. The number of nitrogens with two attached hydrogens (primary N) is 1. The van der Waals surface area contributed by atoms with Crippen LogP contribution in [0.1, 0.15) is 29.8 Å². The molecule has 2 unspecified atom stereocenters. The minimum absolute atomic E-state index is 0.0746. The maximum atomic E-state index is 11.9. The molecule has 1 aromatic heterocycles. The van der Waals surface area contributed by atoms with Crippen LogP contribution in [-0.2, 0) is 0 Å². The summed E-state index contributed by atoms with van der Waals surface area (Å²) in [7, 11) is 0. The van der Waals surface area contributed by atoms with E-state index in [1.807, 2.05) is 26.8 Å². The van der Waals surface area contributed by atoms with E-state index in [2.05, 4.69) is 4.98 Å². The first kappa shape index (κ1) is 10.9. The monoisotopic (exact) mass is 192 g/mol. The lowest BCUT2D eigenvalue weighted by Gasteiger charge is -2.14. The van der Waals surface area contributed by atoms with Crippen molar-refractivity contribution in [3.8, 4) is 0 Å². The van der Waals surface area contributed by atoms with Gasteiger partial charge in [-0.3, -0.25) is 9.78 Å². The molecule has 2 atom stereocenters. The van der Waals surface area contributed by atoms with Crippen LogP contribution in [0.3, 0.4) is 0 Å². The Morgan fingerprint density at radius 3 is 2.64 bits per heavy atom. The van der Waals surface area contributed by atoms with Crippen molar-refractivity contribution in [3.05, 3.63) is 29.6 Å². The van der Waals surface area contributed by atoms with Crippen molar-refractivity contribution in [1.29, 1.82) is 0 Å². The third-order valence-corrected chi connectivity index (χ3v) is 2.51. The van der Waals surface area contributed by atoms with Crippen molar-refractivity contribution >= 4 is 5.78 Å². The van der Waals surface area contributed by atoms with Crippen LogP contribution in [0.25, 0.3) is 0 Å². The van der Waals surface area contributed by atoms with Crippen molar-refractivity contribution in [3.63, 3.8) is 0 Å². The van der Waals surface area contributed by atoms with Crippen LogP contribution in [0.2, 0.25) is 0 Å². The fraction of sp³-hybridized carbons (Fsp3) is 0.455. The standard InChI is InChI=1S/C11H16N2O/c1-7-4-5-13-6-10(7)11(14)8(2)9(3)12/h4-6,8-9H,12H2,1-3H3. The molecule has 0 spiro atoms. The van der Waals surface area contributed by atoms with Gasteiger partial charge in [0.15, 0.2) is 5.78 Å². The fourth-order valence-electron chi connectivity index (χ4n) is 1.21. The van der Waals surface area contributed by atoms with Crippen LogP contribution in [0, 0.1) is 12.8 Å². The third-order valence-electron chi connectivity index (χ3n) is 2.51. The number of ketones is 1. The average molecular weight is 192 g/mol. The molecule has 14 heavy (non-hydrogen) atoms. The summed E-state index contributed by atoms with van der Waals surface area (Å²) in [6.07, 6.45) is 3.29. The zero-order chi connectivity index (χ0) is 10.7. The highest BCUT2D eigenvalue weighted by molar-refractivity contribution is 5.98. The summed E-state index contributed by atoms with van der Waals surface area (Å²) < 4.78 is 0. The van der Waals surface area contributed by atoms with Gasteiger partial charge in [0.2, 0.25) is 0 Å². The van der Waals surface area contributed by atoms with E-state index in [4.69, 9.17) is 5.73 Å². The molecule has 0 aliphatic rings. The van der Waals surface area contributed by atoms with Crippen LogP contribution in [0.5, 0.6) is 0 Å². The Morgan fingerprint density at radius 2 is 2.14 bits per heavy atom. The van der Waals surface area contributed by atoms with E-state index in [-0.39, 0.29) is 17.7 Å². The van der Waals surface area contributed by atoms with Gasteiger partial charge in [0.05, 0.1) is 0 Å². The summed E-state index contributed by atoms with van der Waals surface area (Å²) >= 11 is 0. The van der Waals surface area contributed by atoms with Crippen molar-refractivity contribution in [2.45, 2.75) is 26.8 Å². The number of pyridine rings is 1. The molecule has 76 valence electrons. The quantitative estimate of drug-likeness (QED) is 0.739. The molecule has 0 aromatic carbocycles. The molecule has 0 radical (unpaired) electrons. The second-order valence-corrected chi connectivity index (χ2v) is 3.70. The Labute approximate surface area is 84.3 Å². The maximum absolute atomic E-state index is 11.9. The number of carbonyl (C=O) groups is 1. The zero-order valence-electron chi connectivity index (χ0n) is 8.82. The molecule has 3 nitrogen and oxygen atoms in total. The lowest BCUT2D eigenvalue weighted by molar-refractivity contribution is 0.0916. The van der Waals surface area contributed by atoms with Crippen LogP contribution in [0.15, 0.2) is 18.5 Å². The second kappa shape index (κ2) is 4.33. The topological polar surface area (TPSA) is 56.0 Å². The lowest BCUT2D eigenvalue weighted by atomic mass is 9.93. The SMILES string of the molecule is Cc1ccncc1C(=O)C(C)C(C)N. The van der Waals surface area contributed by atoms with Gasteiger partial charge < -0.3 is 5.73 Å². The van der Waals surface area contributed by atoms with Gasteiger partial charge in [-0.25, -0.2) is 0 Å². The molecule has 2 N–H and O–H groups in total. The van der Waals surface area contributed by atoms with Crippen molar-refractivity contribution in [2.24, 2.45) is 11.7 Å². The molecule has 3 heteroatoms. The Balaban J connectivity index is 2.95. The highest BCUT2D eigenvalue weighted by atomic mass is 16.1. The number of aromatic nitrogens is 1. The van der Waals surface area contributed by atoms with Crippen molar-refractivity contribution in [1.82, 2.24) is 4.98 Å². The molecule has 0 saturated heterocycles. The molecule has 1 heterocycles. The lowest BCUT2D eigenvalue weighted by Crippen LogP contribution is -2.31. The van der Waals surface area contributed by atoms with E-state index in [9.17, 15) is 4.79 Å². The smallest absolute Gasteiger partial charge is 0.169 e. The third kappa shape index (κ3) is 2.17. The zero-order valence-corrected chi connectivity index (χ0v) is 8.82. The van der Waals surface area contributed by atoms with E-state index >= 15 is 0 Å². The molecular weight excluding hydrogens is 176 g/mol. The summed E-state index contributed by atoms with van der Waals surface area (Å²) in [5, 5.41) is 0. The van der Waals surface area contributed by atoms with Gasteiger partial charge in [0, 0.05) is 29.9 Å². The predicted molar refractivity (Wildman–Crippen MR) is 56.1 cm³/mol. The van der Waals surface area contributed by atoms with Gasteiger partial charge in [0.1, 0.15) is 0 Å². The van der Waals surface area contributed by atoms with Crippen LogP contribution < -0.4 is 5.73 Å². The molecule has 0 saturated carbocycles. The minimum Gasteiger partial charge on any atom is -0.327 e. The largest absolute Gasteiger partial charge is 0.327 e. The molecule has 0 aliphatic carbocycles. The average Bonchev–Trinajstić information content (AvgIpc) is 2.16. The first-order valence-electron chi connectivity index (χ1n) is 4.74. The number of rotatable bonds is 3. The molecule has 0 bridgehead atoms. The highest BCUT2D eigenvalue weighted by Crippen LogP contribution is 2.13. The van der Waals surface area contributed by atoms with Crippen molar-refractivity contribution < 1.29 is 4.79 Å². The van der Waals surface area contributed by atoms with E-state index in [1.54, 1.807) is 12.4 Å². The van der Waals surface area contributed by atoms with Crippen LogP contribution in [-0.4, -0.2) is 16.8 Å². The molecule has 0 fully saturated rings. The molecule has 1 aromatic rings. The van der Waals surface area contributed by atoms with E-state index in [1.165, 1.54) is 0 Å². The van der Waals surface area contributed by atoms with Gasteiger partial charge in [-0.2, -0.15) is 0 Å². The van der Waals surface area contributed by atoms with Gasteiger partial charge >= 0.3 is 0 Å². The molecule has 0 aliphatic heterocycles. The number of hydrogen-bond acceptors (Lipinski definition) is 3. The number of aryl methyl sites for hydroxylation is 1. The van der Waals surface area contributed by atoms with E-state index in [0.29, 0.717) is 5.56 Å². The summed E-state index contributed by atoms with van der Waals surface area (Å²) in [6.45, 7) is 5.59. The predicted octanol–water partition coefficient (Wildman–Crippen LogP) is 1.56. The molecule has 1 rings (SSSR count). The summed E-state index contributed by atoms with van der Waals surface area (Å²) in [5.74, 6) is -0.0801. The first-order valence-corrected chi connectivity index (χ1v) is 4.74. The minimum atomic E-state index is -0.155. The molecule has 0 amide bonds. The van der Waals surface area contributed by atoms with Gasteiger partial charge in [0.25, 0.3) is 0 Å². The maximum Gasteiger partial charge on any atom is 0.169 e. The Kier molecular flexibility index (Phi) is 3.36. The summed E-state index contributed by atoms with van der Waals surface area (Å²) in [5.41, 5.74) is 7.32. The highest BCUT2D eigenvalue weighted by Gasteiger charge is 2.20. The van der Waals surface area contributed by atoms with Gasteiger partial charge in [-0.05, 0) is 25.5 Å². The van der Waals surface area contributed by atoms with Gasteiger partial charge in [-0.15, -0.1) is 0 Å². The Bertz CT molecular complexity index is 334. The fourth-order valence-corrected chi connectivity index (χ4v) is 1.21. The van der Waals surface area contributed by atoms with Gasteiger partial charge in [-0.1, -0.05) is 6.92 Å². The van der Waals surface area contributed by atoms with Crippen LogP contribution in [0.4, 0.5) is 0 Å². The summed E-state index contributed by atoms with van der Waals surface area (Å²) in [6, 6.07) is 1.71. The van der Waals surface area contributed by atoms with Crippen LogP contribution >= 0.6 is 0 Å².